The first kappa shape index (κ1) is 18.9. The molecule has 142 valence electrons. The molecular formula is C21H24FN3O2. The van der Waals surface area contributed by atoms with Crippen molar-refractivity contribution in [3.05, 3.63) is 65.5 Å². The molecule has 0 unspecified atom stereocenters. The van der Waals surface area contributed by atoms with Crippen molar-refractivity contribution in [3.63, 3.8) is 0 Å². The van der Waals surface area contributed by atoms with Crippen LogP contribution in [-0.4, -0.2) is 31.4 Å². The molecule has 1 saturated heterocycles. The van der Waals surface area contributed by atoms with E-state index < -0.39 is 11.8 Å². The second-order valence-electron chi connectivity index (χ2n) is 6.68. The molecule has 0 atom stereocenters. The van der Waals surface area contributed by atoms with E-state index in [1.807, 2.05) is 0 Å². The summed E-state index contributed by atoms with van der Waals surface area (Å²) in [5.74, 6) is -1.69. The first-order chi connectivity index (χ1) is 13.1. The van der Waals surface area contributed by atoms with Gasteiger partial charge in [-0.1, -0.05) is 24.3 Å². The highest BCUT2D eigenvalue weighted by Crippen LogP contribution is 2.20. The van der Waals surface area contributed by atoms with Crippen LogP contribution in [0.15, 0.2) is 48.5 Å². The average molecular weight is 369 g/mol. The van der Waals surface area contributed by atoms with Crippen LogP contribution >= 0.6 is 0 Å². The van der Waals surface area contributed by atoms with Gasteiger partial charge in [0.25, 0.3) is 0 Å². The van der Waals surface area contributed by atoms with Crippen LogP contribution in [0.3, 0.4) is 0 Å². The number of amides is 2. The molecule has 2 aromatic rings. The number of carbonyl (C=O) groups excluding carboxylic acids is 2. The van der Waals surface area contributed by atoms with E-state index in [0.29, 0.717) is 13.0 Å². The van der Waals surface area contributed by atoms with Crippen molar-refractivity contribution in [1.82, 2.24) is 10.6 Å². The summed E-state index contributed by atoms with van der Waals surface area (Å²) in [6.45, 7) is 2.81. The Kier molecular flexibility index (Phi) is 6.41. The van der Waals surface area contributed by atoms with Crippen LogP contribution in [-0.2, 0) is 22.6 Å². The summed E-state index contributed by atoms with van der Waals surface area (Å²) >= 11 is 0. The van der Waals surface area contributed by atoms with E-state index in [2.05, 4.69) is 39.8 Å². The normalized spacial score (nSPS) is 13.4. The zero-order valence-electron chi connectivity index (χ0n) is 15.2. The van der Waals surface area contributed by atoms with Crippen molar-refractivity contribution in [2.45, 2.75) is 25.8 Å². The van der Waals surface area contributed by atoms with E-state index in [1.54, 1.807) is 12.1 Å². The summed E-state index contributed by atoms with van der Waals surface area (Å²) < 4.78 is 12.8. The number of rotatable bonds is 6. The van der Waals surface area contributed by atoms with Gasteiger partial charge in [0.15, 0.2) is 0 Å². The monoisotopic (exact) mass is 369 g/mol. The quantitative estimate of drug-likeness (QED) is 0.769. The molecule has 5 nitrogen and oxygen atoms in total. The van der Waals surface area contributed by atoms with Gasteiger partial charge in [-0.05, 0) is 54.7 Å². The summed E-state index contributed by atoms with van der Waals surface area (Å²) in [7, 11) is 0. The van der Waals surface area contributed by atoms with Gasteiger partial charge in [-0.3, -0.25) is 9.59 Å². The van der Waals surface area contributed by atoms with Gasteiger partial charge < -0.3 is 15.5 Å². The molecule has 3 rings (SSSR count). The predicted molar refractivity (Wildman–Crippen MR) is 103 cm³/mol. The third-order valence-electron chi connectivity index (χ3n) is 4.68. The van der Waals surface area contributed by atoms with Gasteiger partial charge >= 0.3 is 11.8 Å². The lowest BCUT2D eigenvalue weighted by Crippen LogP contribution is -2.40. The van der Waals surface area contributed by atoms with Crippen LogP contribution in [0, 0.1) is 5.82 Å². The molecule has 0 radical (unpaired) electrons. The molecule has 1 heterocycles. The second kappa shape index (κ2) is 9.16. The van der Waals surface area contributed by atoms with Crippen molar-refractivity contribution >= 4 is 17.5 Å². The van der Waals surface area contributed by atoms with Crippen LogP contribution in [0.1, 0.15) is 24.0 Å². The Morgan fingerprint density at radius 3 is 2.11 bits per heavy atom. The van der Waals surface area contributed by atoms with Gasteiger partial charge in [0.1, 0.15) is 5.82 Å². The minimum atomic E-state index is -0.691. The lowest BCUT2D eigenvalue weighted by atomic mass is 10.1. The fourth-order valence-corrected chi connectivity index (χ4v) is 3.11. The van der Waals surface area contributed by atoms with Crippen molar-refractivity contribution in [3.8, 4) is 0 Å². The minimum Gasteiger partial charge on any atom is -0.372 e. The van der Waals surface area contributed by atoms with Crippen LogP contribution < -0.4 is 15.5 Å². The highest BCUT2D eigenvalue weighted by molar-refractivity contribution is 6.35. The van der Waals surface area contributed by atoms with Gasteiger partial charge in [0, 0.05) is 31.9 Å². The maximum atomic E-state index is 12.8. The zero-order chi connectivity index (χ0) is 19.1. The third kappa shape index (κ3) is 5.54. The molecule has 27 heavy (non-hydrogen) atoms. The van der Waals surface area contributed by atoms with Crippen LogP contribution in [0.2, 0.25) is 0 Å². The van der Waals surface area contributed by atoms with Crippen molar-refractivity contribution in [2.24, 2.45) is 0 Å². The predicted octanol–water partition coefficient (Wildman–Crippen LogP) is 2.40. The highest BCUT2D eigenvalue weighted by Gasteiger charge is 2.13. The average Bonchev–Trinajstić information content (AvgIpc) is 3.22. The fourth-order valence-electron chi connectivity index (χ4n) is 3.11. The molecular weight excluding hydrogens is 345 g/mol. The van der Waals surface area contributed by atoms with Crippen molar-refractivity contribution < 1.29 is 14.0 Å². The number of carbonyl (C=O) groups is 2. The number of nitrogens with one attached hydrogen (secondary N) is 2. The summed E-state index contributed by atoms with van der Waals surface area (Å²) in [6.07, 6.45) is 3.16. The number of anilines is 1. The van der Waals surface area contributed by atoms with Crippen molar-refractivity contribution in [2.75, 3.05) is 24.5 Å². The Hall–Kier alpha value is -2.89. The molecule has 2 aromatic carbocycles. The molecule has 1 aliphatic heterocycles. The molecule has 0 aliphatic carbocycles. The van der Waals surface area contributed by atoms with E-state index >= 15 is 0 Å². The number of nitrogens with zero attached hydrogens (tertiary/aromatic N) is 1. The Morgan fingerprint density at radius 1 is 0.852 bits per heavy atom. The highest BCUT2D eigenvalue weighted by atomic mass is 19.1. The second-order valence-corrected chi connectivity index (χ2v) is 6.68. The molecule has 0 spiro atoms. The molecule has 0 aromatic heterocycles. The molecule has 0 saturated carbocycles. The van der Waals surface area contributed by atoms with Crippen LogP contribution in [0.4, 0.5) is 10.1 Å². The topological polar surface area (TPSA) is 61.4 Å². The smallest absolute Gasteiger partial charge is 0.309 e. The van der Waals surface area contributed by atoms with Gasteiger partial charge in [-0.15, -0.1) is 0 Å². The van der Waals surface area contributed by atoms with E-state index in [1.165, 1.54) is 30.7 Å². The maximum Gasteiger partial charge on any atom is 0.309 e. The van der Waals surface area contributed by atoms with Gasteiger partial charge in [0.05, 0.1) is 0 Å². The number of benzene rings is 2. The van der Waals surface area contributed by atoms with Gasteiger partial charge in [-0.25, -0.2) is 4.39 Å². The lowest BCUT2D eigenvalue weighted by molar-refractivity contribution is -0.139. The summed E-state index contributed by atoms with van der Waals surface area (Å²) in [6, 6.07) is 14.1. The lowest BCUT2D eigenvalue weighted by Gasteiger charge is -2.17. The third-order valence-corrected chi connectivity index (χ3v) is 4.68. The Labute approximate surface area is 158 Å². The molecule has 1 fully saturated rings. The molecule has 1 aliphatic rings. The molecule has 0 bridgehead atoms. The zero-order valence-corrected chi connectivity index (χ0v) is 15.2. The number of hydrogen-bond acceptors (Lipinski definition) is 3. The Morgan fingerprint density at radius 2 is 1.44 bits per heavy atom. The first-order valence-electron chi connectivity index (χ1n) is 9.26. The van der Waals surface area contributed by atoms with Gasteiger partial charge in [0.2, 0.25) is 0 Å². The van der Waals surface area contributed by atoms with Crippen LogP contribution in [0.25, 0.3) is 0 Å². The minimum absolute atomic E-state index is 0.185. The molecule has 2 N–H and O–H groups in total. The summed E-state index contributed by atoms with van der Waals surface area (Å²) in [5, 5.41) is 5.15. The Balaban J connectivity index is 1.38. The van der Waals surface area contributed by atoms with Gasteiger partial charge in [-0.2, -0.15) is 0 Å². The van der Waals surface area contributed by atoms with E-state index in [4.69, 9.17) is 0 Å². The van der Waals surface area contributed by atoms with Crippen molar-refractivity contribution in [1.29, 1.82) is 0 Å². The SMILES string of the molecule is O=C(NCCc1ccc(N2CCCC2)cc1)C(=O)NCc1ccc(F)cc1. The van der Waals surface area contributed by atoms with E-state index in [9.17, 15) is 14.0 Å². The Bertz CT molecular complexity index is 769. The largest absolute Gasteiger partial charge is 0.372 e. The number of hydrogen-bond donors (Lipinski definition) is 2. The van der Waals surface area contributed by atoms with E-state index in [0.717, 1.165) is 24.2 Å². The first-order valence-corrected chi connectivity index (χ1v) is 9.26. The maximum absolute atomic E-state index is 12.8. The summed E-state index contributed by atoms with van der Waals surface area (Å²) in [5.41, 5.74) is 3.08. The standard InChI is InChI=1S/C21H24FN3O2/c22-18-7-3-17(4-8-18)15-24-21(27)20(26)23-12-11-16-5-9-19(10-6-16)25-13-1-2-14-25/h3-10H,1-2,11-15H2,(H,23,26)(H,24,27). The van der Waals surface area contributed by atoms with Crippen LogP contribution in [0.5, 0.6) is 0 Å². The molecule has 6 heteroatoms. The summed E-state index contributed by atoms with van der Waals surface area (Å²) in [4.78, 5) is 26.0. The number of halogens is 1. The van der Waals surface area contributed by atoms with E-state index in [-0.39, 0.29) is 12.4 Å². The molecule has 2 amide bonds. The fraction of sp³-hybridized carbons (Fsp3) is 0.333.